The normalized spacial score (nSPS) is 24.6. The predicted molar refractivity (Wildman–Crippen MR) is 57.4 cm³/mol. The van der Waals surface area contributed by atoms with E-state index in [1.165, 1.54) is 12.1 Å². The van der Waals surface area contributed by atoms with Crippen molar-refractivity contribution in [2.24, 2.45) is 11.7 Å². The van der Waals surface area contributed by atoms with Crippen LogP contribution in [0, 0.1) is 11.7 Å². The monoisotopic (exact) mass is 223 g/mol. The Bertz CT molecular complexity index is 394. The molecule has 0 aromatic heterocycles. The summed E-state index contributed by atoms with van der Waals surface area (Å²) in [4.78, 5) is 11.9. The van der Waals surface area contributed by atoms with Gasteiger partial charge in [0.05, 0.1) is 19.1 Å². The minimum absolute atomic E-state index is 0.0237. The third-order valence-electron chi connectivity index (χ3n) is 2.81. The molecule has 0 aliphatic carbocycles. The molecular weight excluding hydrogens is 209 g/mol. The van der Waals surface area contributed by atoms with Crippen molar-refractivity contribution in [1.82, 2.24) is 0 Å². The molecule has 16 heavy (non-hydrogen) atoms. The van der Waals surface area contributed by atoms with E-state index < -0.39 is 0 Å². The van der Waals surface area contributed by atoms with Gasteiger partial charge in [-0.1, -0.05) is 12.1 Å². The van der Waals surface area contributed by atoms with Crippen molar-refractivity contribution in [3.8, 4) is 0 Å². The number of hydrogen-bond acceptors (Lipinski definition) is 3. The summed E-state index contributed by atoms with van der Waals surface area (Å²) < 4.78 is 18.0. The Morgan fingerprint density at radius 2 is 2.31 bits per heavy atom. The molecule has 1 heterocycles. The Morgan fingerprint density at radius 1 is 1.50 bits per heavy atom. The molecule has 1 aromatic rings. The Kier molecular flexibility index (Phi) is 3.31. The number of ketones is 1. The highest BCUT2D eigenvalue weighted by Gasteiger charge is 2.30. The quantitative estimate of drug-likeness (QED) is 0.828. The van der Waals surface area contributed by atoms with Gasteiger partial charge in [0.25, 0.3) is 0 Å². The molecule has 2 atom stereocenters. The summed E-state index contributed by atoms with van der Waals surface area (Å²) in [6.07, 6.45) is 0.222. The zero-order valence-electron chi connectivity index (χ0n) is 8.86. The van der Waals surface area contributed by atoms with Crippen molar-refractivity contribution in [2.45, 2.75) is 12.5 Å². The molecule has 86 valence electrons. The van der Waals surface area contributed by atoms with Crippen LogP contribution in [0.5, 0.6) is 0 Å². The third kappa shape index (κ3) is 2.46. The second-order valence-corrected chi connectivity index (χ2v) is 4.08. The minimum Gasteiger partial charge on any atom is -0.379 e. The average Bonchev–Trinajstić information content (AvgIpc) is 2.64. The number of nitrogens with two attached hydrogens (primary N) is 1. The van der Waals surface area contributed by atoms with Crippen molar-refractivity contribution in [3.05, 3.63) is 35.6 Å². The highest BCUT2D eigenvalue weighted by molar-refractivity contribution is 5.84. The summed E-state index contributed by atoms with van der Waals surface area (Å²) in [5.74, 6) is -0.545. The van der Waals surface area contributed by atoms with Gasteiger partial charge in [-0.15, -0.1) is 0 Å². The lowest BCUT2D eigenvalue weighted by Crippen LogP contribution is -2.34. The molecule has 4 heteroatoms. The van der Waals surface area contributed by atoms with E-state index in [1.54, 1.807) is 12.1 Å². The number of rotatable bonds is 3. The Morgan fingerprint density at radius 3 is 2.94 bits per heavy atom. The van der Waals surface area contributed by atoms with E-state index in [1.807, 2.05) is 0 Å². The summed E-state index contributed by atoms with van der Waals surface area (Å²) in [7, 11) is 0. The maximum atomic E-state index is 12.9. The van der Waals surface area contributed by atoms with Crippen LogP contribution in [0.15, 0.2) is 24.3 Å². The fourth-order valence-electron chi connectivity index (χ4n) is 1.88. The first-order chi connectivity index (χ1) is 7.66. The van der Waals surface area contributed by atoms with Gasteiger partial charge < -0.3 is 10.5 Å². The molecule has 1 fully saturated rings. The number of ether oxygens (including phenoxy) is 1. The van der Waals surface area contributed by atoms with Crippen LogP contribution in [0.1, 0.15) is 5.56 Å². The van der Waals surface area contributed by atoms with Crippen LogP contribution in [0.4, 0.5) is 4.39 Å². The van der Waals surface area contributed by atoms with Gasteiger partial charge >= 0.3 is 0 Å². The van der Waals surface area contributed by atoms with E-state index in [-0.39, 0.29) is 30.0 Å². The average molecular weight is 223 g/mol. The van der Waals surface area contributed by atoms with E-state index in [0.717, 1.165) is 0 Å². The standard InChI is InChI=1S/C12H14FNO2/c13-9-3-1-2-8(4-9)5-12(15)10-6-16-7-11(10)14/h1-4,10-11H,5-7,14H2. The molecule has 2 unspecified atom stereocenters. The molecule has 3 nitrogen and oxygen atoms in total. The molecule has 0 amide bonds. The number of Topliss-reactive ketones (excluding diaryl/α,β-unsaturated/α-hetero) is 1. The number of hydrogen-bond donors (Lipinski definition) is 1. The van der Waals surface area contributed by atoms with Crippen LogP contribution in [0.2, 0.25) is 0 Å². The molecule has 1 aliphatic heterocycles. The second-order valence-electron chi connectivity index (χ2n) is 4.08. The van der Waals surface area contributed by atoms with Gasteiger partial charge in [0.1, 0.15) is 11.6 Å². The lowest BCUT2D eigenvalue weighted by Gasteiger charge is -2.11. The maximum Gasteiger partial charge on any atom is 0.144 e. The molecule has 1 aliphatic rings. The largest absolute Gasteiger partial charge is 0.379 e. The van der Waals surface area contributed by atoms with E-state index >= 15 is 0 Å². The molecule has 2 rings (SSSR count). The van der Waals surface area contributed by atoms with Gasteiger partial charge in [-0.3, -0.25) is 4.79 Å². The molecule has 2 N–H and O–H groups in total. The highest BCUT2D eigenvalue weighted by atomic mass is 19.1. The van der Waals surface area contributed by atoms with E-state index in [9.17, 15) is 9.18 Å². The topological polar surface area (TPSA) is 52.3 Å². The SMILES string of the molecule is NC1COCC1C(=O)Cc1cccc(F)c1. The van der Waals surface area contributed by atoms with Crippen LogP contribution in [-0.4, -0.2) is 25.0 Å². The van der Waals surface area contributed by atoms with Gasteiger partial charge in [-0.05, 0) is 17.7 Å². The molecule has 1 saturated heterocycles. The Hall–Kier alpha value is -1.26. The van der Waals surface area contributed by atoms with Gasteiger partial charge in [-0.2, -0.15) is 0 Å². The number of carbonyl (C=O) groups is 1. The molecule has 0 saturated carbocycles. The van der Waals surface area contributed by atoms with Crippen LogP contribution in [0.3, 0.4) is 0 Å². The first-order valence-electron chi connectivity index (χ1n) is 5.27. The number of halogens is 1. The van der Waals surface area contributed by atoms with E-state index in [0.29, 0.717) is 18.8 Å². The summed E-state index contributed by atoms with van der Waals surface area (Å²) in [5.41, 5.74) is 6.43. The fourth-order valence-corrected chi connectivity index (χ4v) is 1.88. The molecule has 0 spiro atoms. The highest BCUT2D eigenvalue weighted by Crippen LogP contribution is 2.16. The van der Waals surface area contributed by atoms with Crippen molar-refractivity contribution < 1.29 is 13.9 Å². The molecule has 1 aromatic carbocycles. The van der Waals surface area contributed by atoms with Crippen molar-refractivity contribution in [2.75, 3.05) is 13.2 Å². The van der Waals surface area contributed by atoms with Crippen LogP contribution in [0.25, 0.3) is 0 Å². The Labute approximate surface area is 93.4 Å². The van der Waals surface area contributed by atoms with Gasteiger partial charge in [0.2, 0.25) is 0 Å². The van der Waals surface area contributed by atoms with Crippen LogP contribution in [-0.2, 0) is 16.0 Å². The van der Waals surface area contributed by atoms with Gasteiger partial charge in [0, 0.05) is 12.5 Å². The molecular formula is C12H14FNO2. The maximum absolute atomic E-state index is 12.9. The number of carbonyl (C=O) groups excluding carboxylic acids is 1. The van der Waals surface area contributed by atoms with E-state index in [4.69, 9.17) is 10.5 Å². The lowest BCUT2D eigenvalue weighted by molar-refractivity contribution is -0.122. The first-order valence-corrected chi connectivity index (χ1v) is 5.27. The summed E-state index contributed by atoms with van der Waals surface area (Å²) in [6.45, 7) is 0.814. The minimum atomic E-state index is -0.322. The van der Waals surface area contributed by atoms with Crippen molar-refractivity contribution in [3.63, 3.8) is 0 Å². The first kappa shape index (κ1) is 11.2. The molecule has 0 bridgehead atoms. The molecule has 0 radical (unpaired) electrons. The summed E-state index contributed by atoms with van der Waals surface area (Å²) >= 11 is 0. The third-order valence-corrected chi connectivity index (χ3v) is 2.81. The fraction of sp³-hybridized carbons (Fsp3) is 0.417. The number of benzene rings is 1. The Balaban J connectivity index is 2.02. The van der Waals surface area contributed by atoms with Crippen LogP contribution >= 0.6 is 0 Å². The second kappa shape index (κ2) is 4.72. The zero-order valence-corrected chi connectivity index (χ0v) is 8.86. The smallest absolute Gasteiger partial charge is 0.144 e. The predicted octanol–water partition coefficient (Wildman–Crippen LogP) is 0.911. The summed E-state index contributed by atoms with van der Waals surface area (Å²) in [5, 5.41) is 0. The van der Waals surface area contributed by atoms with Crippen molar-refractivity contribution in [1.29, 1.82) is 0 Å². The zero-order chi connectivity index (χ0) is 11.5. The lowest BCUT2D eigenvalue weighted by atomic mass is 9.94. The van der Waals surface area contributed by atoms with Crippen LogP contribution < -0.4 is 5.73 Å². The van der Waals surface area contributed by atoms with Gasteiger partial charge in [-0.25, -0.2) is 4.39 Å². The van der Waals surface area contributed by atoms with Crippen molar-refractivity contribution >= 4 is 5.78 Å². The van der Waals surface area contributed by atoms with Gasteiger partial charge in [0.15, 0.2) is 0 Å². The van der Waals surface area contributed by atoms with E-state index in [2.05, 4.69) is 0 Å². The summed E-state index contributed by atoms with van der Waals surface area (Å²) in [6, 6.07) is 5.85.